The molecule has 1 N–H and O–H groups in total. The van der Waals surface area contributed by atoms with E-state index in [1.54, 1.807) is 12.1 Å². The molecule has 2 aromatic carbocycles. The van der Waals surface area contributed by atoms with Gasteiger partial charge in [0.05, 0.1) is 27.9 Å². The highest BCUT2D eigenvalue weighted by Crippen LogP contribution is 2.38. The van der Waals surface area contributed by atoms with Gasteiger partial charge in [-0.05, 0) is 43.0 Å². The quantitative estimate of drug-likeness (QED) is 0.593. The number of amides is 1. The molecule has 0 aliphatic heterocycles. The third-order valence-electron chi connectivity index (χ3n) is 4.27. The maximum Gasteiger partial charge on any atom is 0.251 e. The van der Waals surface area contributed by atoms with E-state index in [-0.39, 0.29) is 5.91 Å². The SMILES string of the molecule is CCCOc1ccccc1CCCNC(=O)c1cc(OC)c(OC)c(OC)c1. The monoisotopic (exact) mass is 387 g/mol. The predicted octanol–water partition coefficient (Wildman–Crippen LogP) is 3.86. The van der Waals surface area contributed by atoms with E-state index >= 15 is 0 Å². The summed E-state index contributed by atoms with van der Waals surface area (Å²) in [6.07, 6.45) is 2.61. The summed E-state index contributed by atoms with van der Waals surface area (Å²) in [5, 5.41) is 2.94. The van der Waals surface area contributed by atoms with Crippen LogP contribution in [0.5, 0.6) is 23.0 Å². The summed E-state index contributed by atoms with van der Waals surface area (Å²) in [6.45, 7) is 3.34. The molecule has 0 aliphatic rings. The first-order chi connectivity index (χ1) is 13.6. The van der Waals surface area contributed by atoms with E-state index < -0.39 is 0 Å². The molecule has 1 amide bonds. The Morgan fingerprint density at radius 1 is 0.964 bits per heavy atom. The fraction of sp³-hybridized carbons (Fsp3) is 0.409. The zero-order valence-corrected chi connectivity index (χ0v) is 17.0. The Labute approximate surface area is 166 Å². The van der Waals surface area contributed by atoms with Gasteiger partial charge in [0.15, 0.2) is 11.5 Å². The summed E-state index contributed by atoms with van der Waals surface area (Å²) in [5.74, 6) is 2.10. The highest BCUT2D eigenvalue weighted by Gasteiger charge is 2.16. The Hall–Kier alpha value is -2.89. The van der Waals surface area contributed by atoms with Crippen LogP contribution in [0.1, 0.15) is 35.7 Å². The van der Waals surface area contributed by atoms with E-state index in [0.717, 1.165) is 30.6 Å². The molecule has 0 unspecified atom stereocenters. The van der Waals surface area contributed by atoms with Crippen molar-refractivity contribution in [2.75, 3.05) is 34.5 Å². The van der Waals surface area contributed by atoms with E-state index in [4.69, 9.17) is 18.9 Å². The molecule has 0 aromatic heterocycles. The van der Waals surface area contributed by atoms with Gasteiger partial charge >= 0.3 is 0 Å². The van der Waals surface area contributed by atoms with Gasteiger partial charge in [0.1, 0.15) is 5.75 Å². The van der Waals surface area contributed by atoms with Crippen molar-refractivity contribution in [3.63, 3.8) is 0 Å². The van der Waals surface area contributed by atoms with E-state index in [1.807, 2.05) is 18.2 Å². The second-order valence-electron chi connectivity index (χ2n) is 6.23. The highest BCUT2D eigenvalue weighted by atomic mass is 16.5. The Morgan fingerprint density at radius 2 is 1.64 bits per heavy atom. The van der Waals surface area contributed by atoms with Crippen LogP contribution in [-0.2, 0) is 6.42 Å². The van der Waals surface area contributed by atoms with Crippen molar-refractivity contribution in [3.8, 4) is 23.0 Å². The summed E-state index contributed by atoms with van der Waals surface area (Å²) in [6, 6.07) is 11.3. The lowest BCUT2D eigenvalue weighted by Gasteiger charge is -2.14. The van der Waals surface area contributed by atoms with Crippen LogP contribution in [0, 0.1) is 0 Å². The zero-order valence-electron chi connectivity index (χ0n) is 17.0. The molecule has 0 spiro atoms. The first-order valence-corrected chi connectivity index (χ1v) is 9.43. The van der Waals surface area contributed by atoms with Gasteiger partial charge in [-0.2, -0.15) is 0 Å². The lowest BCUT2D eigenvalue weighted by Crippen LogP contribution is -2.25. The highest BCUT2D eigenvalue weighted by molar-refractivity contribution is 5.95. The number of methoxy groups -OCH3 is 3. The topological polar surface area (TPSA) is 66.0 Å². The molecule has 0 radical (unpaired) electrons. The average Bonchev–Trinajstić information content (AvgIpc) is 2.74. The van der Waals surface area contributed by atoms with Crippen LogP contribution < -0.4 is 24.3 Å². The van der Waals surface area contributed by atoms with Crippen molar-refractivity contribution in [2.45, 2.75) is 26.2 Å². The second kappa shape index (κ2) is 11.1. The van der Waals surface area contributed by atoms with Crippen molar-refractivity contribution in [1.82, 2.24) is 5.32 Å². The normalized spacial score (nSPS) is 10.3. The standard InChI is InChI=1S/C22H29NO5/c1-5-13-28-18-11-7-6-9-16(18)10-8-12-23-22(24)17-14-19(25-2)21(27-4)20(15-17)26-3/h6-7,9,11,14-15H,5,8,10,12-13H2,1-4H3,(H,23,24). The third-order valence-corrected chi connectivity index (χ3v) is 4.27. The number of hydrogen-bond donors (Lipinski definition) is 1. The van der Waals surface area contributed by atoms with E-state index in [9.17, 15) is 4.79 Å². The van der Waals surface area contributed by atoms with Gasteiger partial charge < -0.3 is 24.3 Å². The molecule has 152 valence electrons. The predicted molar refractivity (Wildman–Crippen MR) is 109 cm³/mol. The molecule has 0 saturated carbocycles. The fourth-order valence-electron chi connectivity index (χ4n) is 2.86. The van der Waals surface area contributed by atoms with Crippen LogP contribution in [0.2, 0.25) is 0 Å². The first kappa shape index (κ1) is 21.4. The van der Waals surface area contributed by atoms with E-state index in [2.05, 4.69) is 18.3 Å². The molecule has 0 fully saturated rings. The largest absolute Gasteiger partial charge is 0.493 e. The summed E-state index contributed by atoms with van der Waals surface area (Å²) >= 11 is 0. The van der Waals surface area contributed by atoms with Crippen molar-refractivity contribution >= 4 is 5.91 Å². The minimum atomic E-state index is -0.185. The van der Waals surface area contributed by atoms with Gasteiger partial charge in [0.25, 0.3) is 5.91 Å². The zero-order chi connectivity index (χ0) is 20.4. The lowest BCUT2D eigenvalue weighted by molar-refractivity contribution is 0.0952. The lowest BCUT2D eigenvalue weighted by atomic mass is 10.1. The van der Waals surface area contributed by atoms with Crippen molar-refractivity contribution < 1.29 is 23.7 Å². The number of carbonyl (C=O) groups excluding carboxylic acids is 1. The number of rotatable bonds is 11. The molecule has 2 aromatic rings. The number of benzene rings is 2. The van der Waals surface area contributed by atoms with Gasteiger partial charge in [0.2, 0.25) is 5.75 Å². The summed E-state index contributed by atoms with van der Waals surface area (Å²) in [5.41, 5.74) is 1.61. The minimum Gasteiger partial charge on any atom is -0.493 e. The molecule has 6 heteroatoms. The van der Waals surface area contributed by atoms with Gasteiger partial charge in [-0.1, -0.05) is 25.1 Å². The summed E-state index contributed by atoms with van der Waals surface area (Å²) in [7, 11) is 4.58. The molecule has 6 nitrogen and oxygen atoms in total. The molecule has 0 heterocycles. The molecule has 0 atom stereocenters. The smallest absolute Gasteiger partial charge is 0.251 e. The Morgan fingerprint density at radius 3 is 2.25 bits per heavy atom. The average molecular weight is 387 g/mol. The number of nitrogens with one attached hydrogen (secondary N) is 1. The molecular weight excluding hydrogens is 358 g/mol. The van der Waals surface area contributed by atoms with Crippen molar-refractivity contribution in [2.24, 2.45) is 0 Å². The van der Waals surface area contributed by atoms with Crippen LogP contribution in [0.25, 0.3) is 0 Å². The van der Waals surface area contributed by atoms with Crippen molar-refractivity contribution in [3.05, 3.63) is 47.5 Å². The number of carbonyl (C=O) groups is 1. The van der Waals surface area contributed by atoms with Crippen LogP contribution >= 0.6 is 0 Å². The van der Waals surface area contributed by atoms with Gasteiger partial charge in [-0.25, -0.2) is 0 Å². The van der Waals surface area contributed by atoms with Crippen LogP contribution in [0.4, 0.5) is 0 Å². The molecule has 0 aliphatic carbocycles. The number of hydrogen-bond acceptors (Lipinski definition) is 5. The fourth-order valence-corrected chi connectivity index (χ4v) is 2.86. The second-order valence-corrected chi connectivity index (χ2v) is 6.23. The van der Waals surface area contributed by atoms with Gasteiger partial charge in [-0.15, -0.1) is 0 Å². The maximum absolute atomic E-state index is 12.5. The van der Waals surface area contributed by atoms with Crippen LogP contribution in [-0.4, -0.2) is 40.4 Å². The number of para-hydroxylation sites is 1. The van der Waals surface area contributed by atoms with Gasteiger partial charge in [-0.3, -0.25) is 4.79 Å². The van der Waals surface area contributed by atoms with E-state index in [0.29, 0.717) is 36.0 Å². The Kier molecular flexibility index (Phi) is 8.46. The first-order valence-electron chi connectivity index (χ1n) is 9.43. The summed E-state index contributed by atoms with van der Waals surface area (Å²) < 4.78 is 21.7. The Balaban J connectivity index is 1.95. The Bertz CT molecular complexity index is 750. The molecular formula is C22H29NO5. The van der Waals surface area contributed by atoms with Gasteiger partial charge in [0, 0.05) is 12.1 Å². The van der Waals surface area contributed by atoms with Crippen molar-refractivity contribution in [1.29, 1.82) is 0 Å². The van der Waals surface area contributed by atoms with E-state index in [1.165, 1.54) is 21.3 Å². The van der Waals surface area contributed by atoms with Crippen LogP contribution in [0.15, 0.2) is 36.4 Å². The molecule has 2 rings (SSSR count). The third kappa shape index (κ3) is 5.55. The van der Waals surface area contributed by atoms with Crippen LogP contribution in [0.3, 0.4) is 0 Å². The number of aryl methyl sites for hydroxylation is 1. The summed E-state index contributed by atoms with van der Waals surface area (Å²) in [4.78, 5) is 12.5. The molecule has 28 heavy (non-hydrogen) atoms. The number of ether oxygens (including phenoxy) is 4. The maximum atomic E-state index is 12.5. The molecule has 0 bridgehead atoms. The molecule has 0 saturated heterocycles. The minimum absolute atomic E-state index is 0.185.